The number of anilines is 1. The van der Waals surface area contributed by atoms with Crippen molar-refractivity contribution in [2.24, 2.45) is 0 Å². The summed E-state index contributed by atoms with van der Waals surface area (Å²) in [6.07, 6.45) is 0. The predicted octanol–water partition coefficient (Wildman–Crippen LogP) is 3.61. The fourth-order valence-corrected chi connectivity index (χ4v) is 1.75. The lowest BCUT2D eigenvalue weighted by Gasteiger charge is -2.07. The minimum atomic E-state index is -0.473. The molecule has 1 amide bonds. The van der Waals surface area contributed by atoms with E-state index in [1.54, 1.807) is 6.07 Å². The van der Waals surface area contributed by atoms with Crippen LogP contribution >= 0.6 is 11.6 Å². The lowest BCUT2D eigenvalue weighted by atomic mass is 10.1. The second-order valence-electron chi connectivity index (χ2n) is 4.68. The molecule has 0 saturated carbocycles. The number of hydrogen-bond donors (Lipinski definition) is 1. The standard InChI is InChI=1S/C14H14ClFN2O3/c1-8(2)11-6-14(21-18-11)17-13(19)7-20-12-4-3-9(16)5-10(12)15/h3-6,8H,7H2,1-2H3,(H,17,19). The summed E-state index contributed by atoms with van der Waals surface area (Å²) >= 11 is 5.79. The Bertz CT molecular complexity index is 643. The lowest BCUT2D eigenvalue weighted by Crippen LogP contribution is -2.19. The fourth-order valence-electron chi connectivity index (χ4n) is 1.53. The second-order valence-corrected chi connectivity index (χ2v) is 5.09. The number of carbonyl (C=O) groups excluding carboxylic acids is 1. The van der Waals surface area contributed by atoms with Gasteiger partial charge in [-0.25, -0.2) is 4.39 Å². The van der Waals surface area contributed by atoms with Crippen LogP contribution in [0.25, 0.3) is 0 Å². The summed E-state index contributed by atoms with van der Waals surface area (Å²) in [5, 5.41) is 6.43. The highest BCUT2D eigenvalue weighted by Gasteiger charge is 2.11. The maximum atomic E-state index is 12.9. The first-order valence-corrected chi connectivity index (χ1v) is 6.68. The fraction of sp³-hybridized carbons (Fsp3) is 0.286. The molecule has 0 fully saturated rings. The van der Waals surface area contributed by atoms with Crippen LogP contribution < -0.4 is 10.1 Å². The number of halogens is 2. The molecule has 5 nitrogen and oxygen atoms in total. The van der Waals surface area contributed by atoms with E-state index in [2.05, 4.69) is 10.5 Å². The number of benzene rings is 1. The molecule has 1 aromatic carbocycles. The van der Waals surface area contributed by atoms with Crippen molar-refractivity contribution in [3.05, 3.63) is 40.8 Å². The van der Waals surface area contributed by atoms with E-state index < -0.39 is 11.7 Å². The average Bonchev–Trinajstić information content (AvgIpc) is 2.86. The normalized spacial score (nSPS) is 10.7. The van der Waals surface area contributed by atoms with Crippen LogP contribution in [0.4, 0.5) is 10.3 Å². The Morgan fingerprint density at radius 3 is 2.86 bits per heavy atom. The van der Waals surface area contributed by atoms with Crippen LogP contribution in [0.5, 0.6) is 5.75 Å². The molecule has 0 atom stereocenters. The number of carbonyl (C=O) groups is 1. The largest absolute Gasteiger partial charge is 0.482 e. The van der Waals surface area contributed by atoms with Crippen LogP contribution in [-0.4, -0.2) is 17.7 Å². The number of amides is 1. The van der Waals surface area contributed by atoms with Crippen molar-refractivity contribution >= 4 is 23.4 Å². The van der Waals surface area contributed by atoms with Gasteiger partial charge in [-0.3, -0.25) is 10.1 Å². The Balaban J connectivity index is 1.89. The Kier molecular flexibility index (Phi) is 4.80. The van der Waals surface area contributed by atoms with Crippen molar-refractivity contribution in [2.75, 3.05) is 11.9 Å². The molecule has 1 N–H and O–H groups in total. The number of nitrogens with one attached hydrogen (secondary N) is 1. The van der Waals surface area contributed by atoms with Crippen LogP contribution in [-0.2, 0) is 4.79 Å². The van der Waals surface area contributed by atoms with Gasteiger partial charge in [-0.15, -0.1) is 0 Å². The summed E-state index contributed by atoms with van der Waals surface area (Å²) in [4.78, 5) is 11.7. The topological polar surface area (TPSA) is 64.4 Å². The van der Waals surface area contributed by atoms with Crippen molar-refractivity contribution in [1.29, 1.82) is 0 Å². The van der Waals surface area contributed by atoms with Crippen molar-refractivity contribution in [2.45, 2.75) is 19.8 Å². The minimum absolute atomic E-state index is 0.101. The third-order valence-electron chi connectivity index (χ3n) is 2.64. The summed E-state index contributed by atoms with van der Waals surface area (Å²) in [6.45, 7) is 3.65. The van der Waals surface area contributed by atoms with Gasteiger partial charge >= 0.3 is 0 Å². The van der Waals surface area contributed by atoms with Gasteiger partial charge in [-0.05, 0) is 24.1 Å². The first kappa shape index (κ1) is 15.3. The monoisotopic (exact) mass is 312 g/mol. The molecule has 0 aliphatic rings. The minimum Gasteiger partial charge on any atom is -0.482 e. The van der Waals surface area contributed by atoms with Gasteiger partial charge < -0.3 is 9.26 Å². The molecule has 0 aliphatic carbocycles. The van der Waals surface area contributed by atoms with E-state index in [0.29, 0.717) is 0 Å². The predicted molar refractivity (Wildman–Crippen MR) is 76.1 cm³/mol. The molecule has 21 heavy (non-hydrogen) atoms. The Morgan fingerprint density at radius 1 is 1.48 bits per heavy atom. The van der Waals surface area contributed by atoms with Crippen LogP contribution in [0.2, 0.25) is 5.02 Å². The molecule has 7 heteroatoms. The number of nitrogens with zero attached hydrogens (tertiary/aromatic N) is 1. The van der Waals surface area contributed by atoms with E-state index in [0.717, 1.165) is 11.8 Å². The highest BCUT2D eigenvalue weighted by atomic mass is 35.5. The van der Waals surface area contributed by atoms with Gasteiger partial charge in [0.2, 0.25) is 5.88 Å². The number of aromatic nitrogens is 1. The van der Waals surface area contributed by atoms with Crippen molar-refractivity contribution in [1.82, 2.24) is 5.16 Å². The summed E-state index contributed by atoms with van der Waals surface area (Å²) in [6, 6.07) is 5.31. The Labute approximate surface area is 126 Å². The van der Waals surface area contributed by atoms with Gasteiger partial charge in [0.05, 0.1) is 10.7 Å². The lowest BCUT2D eigenvalue weighted by molar-refractivity contribution is -0.118. The van der Waals surface area contributed by atoms with Crippen LogP contribution in [0.3, 0.4) is 0 Å². The SMILES string of the molecule is CC(C)c1cc(NC(=O)COc2ccc(F)cc2Cl)on1. The molecule has 0 spiro atoms. The molecule has 0 unspecified atom stereocenters. The molecule has 0 aliphatic heterocycles. The molecule has 0 bridgehead atoms. The number of hydrogen-bond acceptors (Lipinski definition) is 4. The number of ether oxygens (including phenoxy) is 1. The maximum absolute atomic E-state index is 12.9. The molecular weight excluding hydrogens is 299 g/mol. The van der Waals surface area contributed by atoms with E-state index in [9.17, 15) is 9.18 Å². The summed E-state index contributed by atoms with van der Waals surface area (Å²) < 4.78 is 23.0. The quantitative estimate of drug-likeness (QED) is 0.916. The molecule has 2 aromatic rings. The van der Waals surface area contributed by atoms with Crippen LogP contribution in [0, 0.1) is 5.82 Å². The highest BCUT2D eigenvalue weighted by Crippen LogP contribution is 2.24. The third kappa shape index (κ3) is 4.19. The smallest absolute Gasteiger partial charge is 0.264 e. The zero-order chi connectivity index (χ0) is 15.4. The van der Waals surface area contributed by atoms with Gasteiger partial charge in [0.1, 0.15) is 11.6 Å². The van der Waals surface area contributed by atoms with Crippen molar-refractivity contribution < 1.29 is 18.4 Å². The van der Waals surface area contributed by atoms with Gasteiger partial charge in [0.25, 0.3) is 5.91 Å². The van der Waals surface area contributed by atoms with E-state index in [4.69, 9.17) is 20.9 Å². The zero-order valence-corrected chi connectivity index (χ0v) is 12.3. The summed E-state index contributed by atoms with van der Waals surface area (Å²) in [5.74, 6) is -0.221. The van der Waals surface area contributed by atoms with Gasteiger partial charge in [0.15, 0.2) is 6.61 Å². The molecule has 1 aromatic heterocycles. The maximum Gasteiger partial charge on any atom is 0.264 e. The molecule has 1 heterocycles. The Hall–Kier alpha value is -2.08. The third-order valence-corrected chi connectivity index (χ3v) is 2.93. The summed E-state index contributed by atoms with van der Waals surface area (Å²) in [7, 11) is 0. The molecular formula is C14H14ClFN2O3. The van der Waals surface area contributed by atoms with Gasteiger partial charge in [0, 0.05) is 6.07 Å². The van der Waals surface area contributed by atoms with Crippen LogP contribution in [0.1, 0.15) is 25.5 Å². The molecule has 112 valence electrons. The van der Waals surface area contributed by atoms with E-state index in [1.807, 2.05) is 13.8 Å². The van der Waals surface area contributed by atoms with E-state index >= 15 is 0 Å². The second kappa shape index (κ2) is 6.58. The van der Waals surface area contributed by atoms with Gasteiger partial charge in [-0.1, -0.05) is 30.6 Å². The zero-order valence-electron chi connectivity index (χ0n) is 11.5. The molecule has 2 rings (SSSR count). The van der Waals surface area contributed by atoms with Crippen molar-refractivity contribution in [3.8, 4) is 5.75 Å². The number of rotatable bonds is 5. The van der Waals surface area contributed by atoms with Gasteiger partial charge in [-0.2, -0.15) is 0 Å². The van der Waals surface area contributed by atoms with Crippen LogP contribution in [0.15, 0.2) is 28.8 Å². The first-order chi connectivity index (χ1) is 9.95. The highest BCUT2D eigenvalue weighted by molar-refractivity contribution is 6.32. The Morgan fingerprint density at radius 2 is 2.24 bits per heavy atom. The molecule has 0 saturated heterocycles. The molecule has 0 radical (unpaired) electrons. The summed E-state index contributed by atoms with van der Waals surface area (Å²) in [5.41, 5.74) is 0.743. The van der Waals surface area contributed by atoms with E-state index in [-0.39, 0.29) is 29.2 Å². The average molecular weight is 313 g/mol. The first-order valence-electron chi connectivity index (χ1n) is 6.30. The van der Waals surface area contributed by atoms with Crippen molar-refractivity contribution in [3.63, 3.8) is 0 Å². The van der Waals surface area contributed by atoms with E-state index in [1.165, 1.54) is 12.1 Å².